The van der Waals surface area contributed by atoms with Crippen LogP contribution in [0.3, 0.4) is 0 Å². The molecule has 0 N–H and O–H groups in total. The molecule has 0 spiro atoms. The lowest BCUT2D eigenvalue weighted by Crippen LogP contribution is -2.53. The van der Waals surface area contributed by atoms with Gasteiger partial charge in [-0.25, -0.2) is 4.68 Å². The van der Waals surface area contributed by atoms with Gasteiger partial charge in [0.15, 0.2) is 0 Å². The van der Waals surface area contributed by atoms with Crippen molar-refractivity contribution in [2.24, 2.45) is 5.41 Å². The predicted molar refractivity (Wildman–Crippen MR) is 99.8 cm³/mol. The van der Waals surface area contributed by atoms with E-state index < -0.39 is 0 Å². The highest BCUT2D eigenvalue weighted by atomic mass is 16.5. The summed E-state index contributed by atoms with van der Waals surface area (Å²) >= 11 is 0. The molecule has 136 valence electrons. The fraction of sp³-hybridized carbons (Fsp3) is 0.550. The fourth-order valence-electron chi connectivity index (χ4n) is 3.89. The van der Waals surface area contributed by atoms with Crippen molar-refractivity contribution in [3.63, 3.8) is 0 Å². The maximum absolute atomic E-state index is 9.60. The van der Waals surface area contributed by atoms with Crippen molar-refractivity contribution in [2.75, 3.05) is 24.6 Å². The highest BCUT2D eigenvalue weighted by Crippen LogP contribution is 2.35. The molecule has 4 rings (SSSR count). The van der Waals surface area contributed by atoms with Gasteiger partial charge in [0.2, 0.25) is 0 Å². The van der Waals surface area contributed by atoms with Gasteiger partial charge in [0, 0.05) is 30.9 Å². The number of anilines is 1. The Morgan fingerprint density at radius 1 is 1.31 bits per heavy atom. The molecule has 6 nitrogen and oxygen atoms in total. The second-order valence-corrected chi connectivity index (χ2v) is 8.18. The minimum atomic E-state index is 0.214. The largest absolute Gasteiger partial charge is 0.376 e. The Hall–Kier alpha value is -2.39. The summed E-state index contributed by atoms with van der Waals surface area (Å²) in [6.07, 6.45) is 5.55. The molecule has 1 unspecified atom stereocenters. The lowest BCUT2D eigenvalue weighted by atomic mass is 9.84. The Kier molecular flexibility index (Phi) is 4.41. The Morgan fingerprint density at radius 3 is 2.85 bits per heavy atom. The summed E-state index contributed by atoms with van der Waals surface area (Å²) in [7, 11) is 0. The highest BCUT2D eigenvalue weighted by Gasteiger charge is 2.34. The van der Waals surface area contributed by atoms with Crippen LogP contribution in [0.1, 0.15) is 38.7 Å². The SMILES string of the molecule is CC1(C)CN(c2ccc(-c3cn(CC4CCCCO4)nn3)c(C#N)c2)C1. The number of rotatable bonds is 4. The van der Waals surface area contributed by atoms with Crippen LogP contribution >= 0.6 is 0 Å². The van der Waals surface area contributed by atoms with Gasteiger partial charge in [-0.05, 0) is 42.9 Å². The van der Waals surface area contributed by atoms with E-state index in [1.54, 1.807) is 0 Å². The molecule has 0 radical (unpaired) electrons. The minimum absolute atomic E-state index is 0.214. The Bertz CT molecular complexity index is 821. The van der Waals surface area contributed by atoms with E-state index in [1.807, 2.05) is 23.0 Å². The monoisotopic (exact) mass is 351 g/mol. The van der Waals surface area contributed by atoms with Crippen LogP contribution in [-0.2, 0) is 11.3 Å². The smallest absolute Gasteiger partial charge is 0.114 e. The van der Waals surface area contributed by atoms with Crippen LogP contribution in [0.25, 0.3) is 11.3 Å². The van der Waals surface area contributed by atoms with Crippen LogP contribution in [0.5, 0.6) is 0 Å². The molecule has 3 heterocycles. The van der Waals surface area contributed by atoms with Crippen LogP contribution in [0.15, 0.2) is 24.4 Å². The Labute approximate surface area is 154 Å². The van der Waals surface area contributed by atoms with Crippen LogP contribution < -0.4 is 4.90 Å². The summed E-state index contributed by atoms with van der Waals surface area (Å²) in [5, 5.41) is 18.1. The standard InChI is InChI=1S/C20H25N5O/c1-20(2)13-24(14-20)16-6-7-18(15(9-16)10-21)19-12-25(23-22-19)11-17-5-3-4-8-26-17/h6-7,9,12,17H,3-5,8,11,13-14H2,1-2H3. The summed E-state index contributed by atoms with van der Waals surface area (Å²) < 4.78 is 7.60. The van der Waals surface area contributed by atoms with E-state index in [0.29, 0.717) is 11.0 Å². The number of hydrogen-bond donors (Lipinski definition) is 0. The molecule has 1 atom stereocenters. The van der Waals surface area contributed by atoms with Crippen molar-refractivity contribution in [2.45, 2.75) is 45.8 Å². The maximum atomic E-state index is 9.60. The molecule has 6 heteroatoms. The second-order valence-electron chi connectivity index (χ2n) is 8.18. The van der Waals surface area contributed by atoms with Gasteiger partial charge in [-0.2, -0.15) is 5.26 Å². The zero-order chi connectivity index (χ0) is 18.1. The topological polar surface area (TPSA) is 67.0 Å². The van der Waals surface area contributed by atoms with E-state index in [1.165, 1.54) is 6.42 Å². The van der Waals surface area contributed by atoms with Gasteiger partial charge in [-0.1, -0.05) is 19.1 Å². The third kappa shape index (κ3) is 3.45. The van der Waals surface area contributed by atoms with Gasteiger partial charge in [0.25, 0.3) is 0 Å². The van der Waals surface area contributed by atoms with Crippen LogP contribution in [0.4, 0.5) is 5.69 Å². The summed E-state index contributed by atoms with van der Waals surface area (Å²) in [5.41, 5.74) is 3.69. The summed E-state index contributed by atoms with van der Waals surface area (Å²) in [5.74, 6) is 0. The molecule has 2 aliphatic rings. The van der Waals surface area contributed by atoms with Gasteiger partial charge in [0.1, 0.15) is 5.69 Å². The van der Waals surface area contributed by atoms with E-state index in [0.717, 1.165) is 56.0 Å². The lowest BCUT2D eigenvalue weighted by Gasteiger charge is -2.47. The van der Waals surface area contributed by atoms with Gasteiger partial charge < -0.3 is 9.64 Å². The van der Waals surface area contributed by atoms with E-state index >= 15 is 0 Å². The van der Waals surface area contributed by atoms with Gasteiger partial charge >= 0.3 is 0 Å². The molecular weight excluding hydrogens is 326 g/mol. The third-order valence-corrected chi connectivity index (χ3v) is 5.21. The van der Waals surface area contributed by atoms with Crippen LogP contribution in [0, 0.1) is 16.7 Å². The zero-order valence-electron chi connectivity index (χ0n) is 15.5. The van der Waals surface area contributed by atoms with E-state index in [4.69, 9.17) is 4.74 Å². The first-order chi connectivity index (χ1) is 12.5. The fourth-order valence-corrected chi connectivity index (χ4v) is 3.89. The molecule has 2 aromatic rings. The average Bonchev–Trinajstić information content (AvgIpc) is 3.08. The third-order valence-electron chi connectivity index (χ3n) is 5.21. The van der Waals surface area contributed by atoms with Crippen molar-refractivity contribution in [3.05, 3.63) is 30.0 Å². The summed E-state index contributed by atoms with van der Waals surface area (Å²) in [4.78, 5) is 2.31. The zero-order valence-corrected chi connectivity index (χ0v) is 15.5. The molecule has 1 aromatic carbocycles. The molecule has 2 fully saturated rings. The molecule has 2 aliphatic heterocycles. The van der Waals surface area contributed by atoms with Crippen molar-refractivity contribution in [1.29, 1.82) is 5.26 Å². The number of nitriles is 1. The van der Waals surface area contributed by atoms with Crippen molar-refractivity contribution in [1.82, 2.24) is 15.0 Å². The maximum Gasteiger partial charge on any atom is 0.114 e. The molecule has 0 amide bonds. The summed E-state index contributed by atoms with van der Waals surface area (Å²) in [6.45, 7) is 8.12. The molecule has 0 aliphatic carbocycles. The predicted octanol–water partition coefficient (Wildman–Crippen LogP) is 3.23. The molecular formula is C20H25N5O. The minimum Gasteiger partial charge on any atom is -0.376 e. The number of hydrogen-bond acceptors (Lipinski definition) is 5. The van der Waals surface area contributed by atoms with Crippen LogP contribution in [-0.4, -0.2) is 40.8 Å². The average molecular weight is 351 g/mol. The van der Waals surface area contributed by atoms with Gasteiger partial charge in [-0.3, -0.25) is 0 Å². The number of nitrogens with zero attached hydrogens (tertiary/aromatic N) is 5. The Balaban J connectivity index is 1.51. The highest BCUT2D eigenvalue weighted by molar-refractivity contribution is 5.71. The van der Waals surface area contributed by atoms with Crippen molar-refractivity contribution < 1.29 is 4.74 Å². The molecule has 26 heavy (non-hydrogen) atoms. The first kappa shape index (κ1) is 17.0. The van der Waals surface area contributed by atoms with Crippen molar-refractivity contribution >= 4 is 5.69 Å². The number of ether oxygens (including phenoxy) is 1. The van der Waals surface area contributed by atoms with Gasteiger partial charge in [0.05, 0.1) is 30.5 Å². The first-order valence-electron chi connectivity index (χ1n) is 9.35. The quantitative estimate of drug-likeness (QED) is 0.846. The summed E-state index contributed by atoms with van der Waals surface area (Å²) in [6, 6.07) is 8.36. The van der Waals surface area contributed by atoms with E-state index in [2.05, 4.69) is 41.2 Å². The molecule has 0 bridgehead atoms. The van der Waals surface area contributed by atoms with E-state index in [9.17, 15) is 5.26 Å². The second kappa shape index (κ2) is 6.73. The number of aromatic nitrogens is 3. The number of benzene rings is 1. The van der Waals surface area contributed by atoms with Gasteiger partial charge in [-0.15, -0.1) is 5.10 Å². The normalized spacial score (nSPS) is 21.9. The first-order valence-corrected chi connectivity index (χ1v) is 9.35. The van der Waals surface area contributed by atoms with Crippen molar-refractivity contribution in [3.8, 4) is 17.3 Å². The van der Waals surface area contributed by atoms with E-state index in [-0.39, 0.29) is 6.10 Å². The molecule has 1 aromatic heterocycles. The van der Waals surface area contributed by atoms with Crippen LogP contribution in [0.2, 0.25) is 0 Å². The lowest BCUT2D eigenvalue weighted by molar-refractivity contribution is 0.00370. The Morgan fingerprint density at radius 2 is 2.15 bits per heavy atom. The molecule has 2 saturated heterocycles. The molecule has 0 saturated carbocycles.